The molecule has 6 nitrogen and oxygen atoms in total. The van der Waals surface area contributed by atoms with Gasteiger partial charge in [-0.25, -0.2) is 9.97 Å². The predicted octanol–water partition coefficient (Wildman–Crippen LogP) is 3.06. The van der Waals surface area contributed by atoms with Gasteiger partial charge < -0.3 is 14.8 Å². The van der Waals surface area contributed by atoms with Crippen LogP contribution in [0.4, 0.5) is 0 Å². The molecule has 0 saturated carbocycles. The van der Waals surface area contributed by atoms with Crippen molar-refractivity contribution in [3.8, 4) is 28.5 Å². The molecule has 25 heavy (non-hydrogen) atoms. The minimum atomic E-state index is -0.186. The van der Waals surface area contributed by atoms with Gasteiger partial charge in [-0.1, -0.05) is 30.3 Å². The fourth-order valence-electron chi connectivity index (χ4n) is 2.15. The monoisotopic (exact) mass is 335 g/mol. The molecule has 126 valence electrons. The van der Waals surface area contributed by atoms with Gasteiger partial charge in [0, 0.05) is 13.2 Å². The lowest BCUT2D eigenvalue weighted by Gasteiger charge is -2.10. The van der Waals surface area contributed by atoms with Crippen molar-refractivity contribution in [3.63, 3.8) is 0 Å². The molecule has 0 atom stereocenters. The first kappa shape index (κ1) is 16.4. The second-order valence-corrected chi connectivity index (χ2v) is 5.14. The minimum absolute atomic E-state index is 0.0270. The molecule has 1 amide bonds. The van der Waals surface area contributed by atoms with Crippen LogP contribution in [-0.4, -0.2) is 29.5 Å². The van der Waals surface area contributed by atoms with E-state index in [2.05, 4.69) is 15.3 Å². The Kier molecular flexibility index (Phi) is 5.21. The largest absolute Gasteiger partial charge is 0.484 e. The Morgan fingerprint density at radius 1 is 1.04 bits per heavy atom. The summed E-state index contributed by atoms with van der Waals surface area (Å²) in [6.45, 7) is -0.0270. The van der Waals surface area contributed by atoms with E-state index in [0.29, 0.717) is 17.4 Å². The molecule has 1 N–H and O–H groups in total. The van der Waals surface area contributed by atoms with E-state index in [-0.39, 0.29) is 12.5 Å². The molecule has 0 fully saturated rings. The summed E-state index contributed by atoms with van der Waals surface area (Å²) in [5, 5.41) is 2.50. The van der Waals surface area contributed by atoms with E-state index in [0.717, 1.165) is 11.1 Å². The van der Waals surface area contributed by atoms with Crippen molar-refractivity contribution in [1.82, 2.24) is 15.3 Å². The molecule has 3 rings (SSSR count). The van der Waals surface area contributed by atoms with E-state index < -0.39 is 0 Å². The number of aromatic nitrogens is 2. The van der Waals surface area contributed by atoms with Crippen LogP contribution in [0.25, 0.3) is 11.1 Å². The van der Waals surface area contributed by atoms with Crippen molar-refractivity contribution >= 4 is 5.91 Å². The Morgan fingerprint density at radius 3 is 2.48 bits per heavy atom. The van der Waals surface area contributed by atoms with Gasteiger partial charge in [0.2, 0.25) is 5.88 Å². The third-order valence-electron chi connectivity index (χ3n) is 3.45. The first-order valence-corrected chi connectivity index (χ1v) is 7.73. The number of nitrogens with one attached hydrogen (secondary N) is 1. The molecule has 0 aliphatic carbocycles. The maximum Gasteiger partial charge on any atom is 0.257 e. The lowest BCUT2D eigenvalue weighted by Crippen LogP contribution is -2.24. The number of hydrogen-bond donors (Lipinski definition) is 1. The maximum absolute atomic E-state index is 11.2. The highest BCUT2D eigenvalue weighted by molar-refractivity contribution is 5.77. The number of nitrogens with zero attached hydrogens (tertiary/aromatic N) is 2. The van der Waals surface area contributed by atoms with Gasteiger partial charge in [0.1, 0.15) is 17.8 Å². The van der Waals surface area contributed by atoms with Crippen LogP contribution in [0.2, 0.25) is 0 Å². The summed E-state index contributed by atoms with van der Waals surface area (Å²) in [5.74, 6) is 1.49. The third kappa shape index (κ3) is 4.32. The van der Waals surface area contributed by atoms with Gasteiger partial charge in [-0.3, -0.25) is 4.79 Å². The number of ether oxygens (including phenoxy) is 2. The zero-order valence-corrected chi connectivity index (χ0v) is 13.7. The van der Waals surface area contributed by atoms with Gasteiger partial charge in [-0.15, -0.1) is 0 Å². The molecule has 0 unspecified atom stereocenters. The fourth-order valence-corrected chi connectivity index (χ4v) is 2.15. The number of rotatable bonds is 6. The topological polar surface area (TPSA) is 73.3 Å². The number of amides is 1. The molecule has 0 bridgehead atoms. The van der Waals surface area contributed by atoms with Crippen molar-refractivity contribution in [3.05, 3.63) is 67.1 Å². The molecule has 1 heterocycles. The Balaban J connectivity index is 1.74. The predicted molar refractivity (Wildman–Crippen MR) is 93.5 cm³/mol. The molecule has 6 heteroatoms. The second kappa shape index (κ2) is 7.92. The SMILES string of the molecule is CNC(=O)COc1ccc(Oc2ncncc2-c2ccccc2)cc1. The third-order valence-corrected chi connectivity index (χ3v) is 3.45. The molecular formula is C19H17N3O3. The molecule has 3 aromatic rings. The van der Waals surface area contributed by atoms with Gasteiger partial charge in [0.25, 0.3) is 5.91 Å². The number of likely N-dealkylation sites (N-methyl/N-ethyl adjacent to an activating group) is 1. The summed E-state index contributed by atoms with van der Waals surface area (Å²) in [4.78, 5) is 19.5. The highest BCUT2D eigenvalue weighted by Gasteiger charge is 2.09. The van der Waals surface area contributed by atoms with E-state index in [4.69, 9.17) is 9.47 Å². The van der Waals surface area contributed by atoms with Crippen molar-refractivity contribution in [1.29, 1.82) is 0 Å². The van der Waals surface area contributed by atoms with Crippen LogP contribution in [0.1, 0.15) is 0 Å². The summed E-state index contributed by atoms with van der Waals surface area (Å²) in [7, 11) is 1.56. The highest BCUT2D eigenvalue weighted by Crippen LogP contribution is 2.31. The van der Waals surface area contributed by atoms with Gasteiger partial charge in [-0.2, -0.15) is 0 Å². The lowest BCUT2D eigenvalue weighted by molar-refractivity contribution is -0.122. The number of carbonyl (C=O) groups excluding carboxylic acids is 1. The molecule has 2 aromatic carbocycles. The summed E-state index contributed by atoms with van der Waals surface area (Å²) in [6.07, 6.45) is 3.17. The molecule has 0 saturated heterocycles. The van der Waals surface area contributed by atoms with Crippen molar-refractivity contribution in [2.75, 3.05) is 13.7 Å². The quantitative estimate of drug-likeness (QED) is 0.749. The average Bonchev–Trinajstić information content (AvgIpc) is 2.68. The van der Waals surface area contributed by atoms with Gasteiger partial charge in [0.15, 0.2) is 6.61 Å². The number of hydrogen-bond acceptors (Lipinski definition) is 5. The first-order valence-electron chi connectivity index (χ1n) is 7.73. The van der Waals surface area contributed by atoms with E-state index in [1.807, 2.05) is 30.3 Å². The minimum Gasteiger partial charge on any atom is -0.484 e. The Bertz CT molecular complexity index is 836. The summed E-state index contributed by atoms with van der Waals surface area (Å²) >= 11 is 0. The van der Waals surface area contributed by atoms with Crippen molar-refractivity contribution in [2.24, 2.45) is 0 Å². The Labute approximate surface area is 145 Å². The molecule has 0 aliphatic heterocycles. The summed E-state index contributed by atoms with van der Waals surface area (Å²) < 4.78 is 11.2. The zero-order valence-electron chi connectivity index (χ0n) is 13.7. The molecule has 1 aromatic heterocycles. The van der Waals surface area contributed by atoms with Crippen molar-refractivity contribution < 1.29 is 14.3 Å². The number of benzene rings is 2. The molecule has 0 spiro atoms. The zero-order chi connectivity index (χ0) is 17.5. The standard InChI is InChI=1S/C19H17N3O3/c1-20-18(23)12-24-15-7-9-16(10-8-15)25-19-17(11-21-13-22-19)14-5-3-2-4-6-14/h2-11,13H,12H2,1H3,(H,20,23). The fraction of sp³-hybridized carbons (Fsp3) is 0.105. The van der Waals surface area contributed by atoms with Crippen LogP contribution >= 0.6 is 0 Å². The van der Waals surface area contributed by atoms with Crippen LogP contribution < -0.4 is 14.8 Å². The summed E-state index contributed by atoms with van der Waals surface area (Å²) in [6, 6.07) is 16.8. The van der Waals surface area contributed by atoms with Crippen LogP contribution in [0, 0.1) is 0 Å². The van der Waals surface area contributed by atoms with E-state index in [1.54, 1.807) is 37.5 Å². The second-order valence-electron chi connectivity index (χ2n) is 5.14. The highest BCUT2D eigenvalue weighted by atomic mass is 16.5. The molecular weight excluding hydrogens is 318 g/mol. The van der Waals surface area contributed by atoms with Crippen LogP contribution in [-0.2, 0) is 4.79 Å². The maximum atomic E-state index is 11.2. The van der Waals surface area contributed by atoms with Gasteiger partial charge in [0.05, 0.1) is 5.56 Å². The average molecular weight is 335 g/mol. The first-order chi connectivity index (χ1) is 12.3. The smallest absolute Gasteiger partial charge is 0.257 e. The number of carbonyl (C=O) groups is 1. The Morgan fingerprint density at radius 2 is 1.76 bits per heavy atom. The normalized spacial score (nSPS) is 10.1. The van der Waals surface area contributed by atoms with Gasteiger partial charge in [-0.05, 0) is 29.8 Å². The summed E-state index contributed by atoms with van der Waals surface area (Å²) in [5.41, 5.74) is 1.78. The van der Waals surface area contributed by atoms with E-state index in [9.17, 15) is 4.79 Å². The van der Waals surface area contributed by atoms with E-state index >= 15 is 0 Å². The lowest BCUT2D eigenvalue weighted by atomic mass is 10.1. The molecule has 0 aliphatic rings. The van der Waals surface area contributed by atoms with Crippen LogP contribution in [0.3, 0.4) is 0 Å². The van der Waals surface area contributed by atoms with Gasteiger partial charge >= 0.3 is 0 Å². The molecule has 0 radical (unpaired) electrons. The Hall–Kier alpha value is -3.41. The van der Waals surface area contributed by atoms with E-state index in [1.165, 1.54) is 6.33 Å². The van der Waals surface area contributed by atoms with Crippen LogP contribution in [0.15, 0.2) is 67.1 Å². The van der Waals surface area contributed by atoms with Crippen LogP contribution in [0.5, 0.6) is 17.4 Å². The van der Waals surface area contributed by atoms with Crippen molar-refractivity contribution in [2.45, 2.75) is 0 Å².